The summed E-state index contributed by atoms with van der Waals surface area (Å²) in [6.07, 6.45) is 9.15. The molecule has 0 fully saturated rings. The molecular formula is C30H44O4. The first-order chi connectivity index (χ1) is 16.2. The number of hydrogen-bond acceptors (Lipinski definition) is 2. The number of hydrogen-bond donors (Lipinski definition) is 2. The van der Waals surface area contributed by atoms with Gasteiger partial charge in [0, 0.05) is 10.8 Å². The van der Waals surface area contributed by atoms with Gasteiger partial charge >= 0.3 is 11.9 Å². The Balaban J connectivity index is 0.000000340. The Hall–Kier alpha value is -2.62. The summed E-state index contributed by atoms with van der Waals surface area (Å²) >= 11 is 0. The van der Waals surface area contributed by atoms with Gasteiger partial charge in [-0.2, -0.15) is 0 Å². The summed E-state index contributed by atoms with van der Waals surface area (Å²) in [5, 5.41) is 18.1. The fourth-order valence-corrected chi connectivity index (χ4v) is 4.55. The average molecular weight is 469 g/mol. The molecule has 4 nitrogen and oxygen atoms in total. The van der Waals surface area contributed by atoms with E-state index in [1.54, 1.807) is 0 Å². The number of benzene rings is 2. The molecule has 0 aliphatic carbocycles. The molecule has 2 aromatic rings. The second-order valence-corrected chi connectivity index (χ2v) is 9.91. The molecule has 34 heavy (non-hydrogen) atoms. The van der Waals surface area contributed by atoms with E-state index in [9.17, 15) is 9.59 Å². The van der Waals surface area contributed by atoms with Crippen molar-refractivity contribution < 1.29 is 19.8 Å². The zero-order chi connectivity index (χ0) is 25.5. The van der Waals surface area contributed by atoms with Crippen LogP contribution in [0, 0.1) is 0 Å². The molecule has 2 atom stereocenters. The van der Waals surface area contributed by atoms with Crippen molar-refractivity contribution in [3.8, 4) is 0 Å². The van der Waals surface area contributed by atoms with Crippen molar-refractivity contribution in [1.82, 2.24) is 0 Å². The van der Waals surface area contributed by atoms with Crippen molar-refractivity contribution in [2.45, 2.75) is 103 Å². The number of carboxylic acid groups (broad SMARTS) is 2. The number of rotatable bonds is 14. The predicted octanol–water partition coefficient (Wildman–Crippen LogP) is 8.00. The molecule has 0 heterocycles. The zero-order valence-corrected chi connectivity index (χ0v) is 21.6. The van der Waals surface area contributed by atoms with Crippen LogP contribution in [0.4, 0.5) is 0 Å². The van der Waals surface area contributed by atoms with Gasteiger partial charge in [0.15, 0.2) is 0 Å². The Labute approximate surface area is 206 Å². The summed E-state index contributed by atoms with van der Waals surface area (Å²) in [7, 11) is 0. The molecule has 0 aliphatic heterocycles. The SMILES string of the molecule is CCCCCC(C)(CC(=O)O)c1ccccc1.CCCCCC(C)(CC(=O)O)c1ccccc1. The molecule has 2 unspecified atom stereocenters. The van der Waals surface area contributed by atoms with E-state index in [4.69, 9.17) is 10.2 Å². The molecule has 0 aromatic heterocycles. The van der Waals surface area contributed by atoms with Gasteiger partial charge in [0.2, 0.25) is 0 Å². The molecule has 0 bridgehead atoms. The molecule has 0 aliphatic rings. The van der Waals surface area contributed by atoms with E-state index in [1.165, 1.54) is 12.8 Å². The Morgan fingerprint density at radius 1 is 0.618 bits per heavy atom. The number of carbonyl (C=O) groups is 2. The highest BCUT2D eigenvalue weighted by atomic mass is 16.4. The van der Waals surface area contributed by atoms with Crippen LogP contribution >= 0.6 is 0 Å². The Morgan fingerprint density at radius 2 is 0.941 bits per heavy atom. The largest absolute Gasteiger partial charge is 0.481 e. The molecule has 0 saturated carbocycles. The molecular weight excluding hydrogens is 424 g/mol. The normalized spacial score (nSPS) is 14.2. The van der Waals surface area contributed by atoms with Gasteiger partial charge in [-0.05, 0) is 24.0 Å². The van der Waals surface area contributed by atoms with Crippen LogP contribution < -0.4 is 0 Å². The van der Waals surface area contributed by atoms with Crippen LogP contribution in [0.3, 0.4) is 0 Å². The Kier molecular flexibility index (Phi) is 13.2. The lowest BCUT2D eigenvalue weighted by Gasteiger charge is -2.28. The summed E-state index contributed by atoms with van der Waals surface area (Å²) in [4.78, 5) is 22.0. The van der Waals surface area contributed by atoms with E-state index in [2.05, 4.69) is 27.7 Å². The van der Waals surface area contributed by atoms with Gasteiger partial charge < -0.3 is 10.2 Å². The minimum atomic E-state index is -0.715. The summed E-state index contributed by atoms with van der Waals surface area (Å²) in [5.41, 5.74) is 1.81. The maximum atomic E-state index is 11.0. The minimum absolute atomic E-state index is 0.209. The molecule has 2 N–H and O–H groups in total. The first-order valence-electron chi connectivity index (χ1n) is 12.7. The summed E-state index contributed by atoms with van der Waals surface area (Å²) < 4.78 is 0. The minimum Gasteiger partial charge on any atom is -0.481 e. The molecule has 0 saturated heterocycles. The van der Waals surface area contributed by atoms with Crippen molar-refractivity contribution >= 4 is 11.9 Å². The summed E-state index contributed by atoms with van der Waals surface area (Å²) in [6, 6.07) is 20.0. The fraction of sp³-hybridized carbons (Fsp3) is 0.533. The average Bonchev–Trinajstić information content (AvgIpc) is 2.80. The van der Waals surface area contributed by atoms with Crippen LogP contribution in [0.1, 0.15) is 103 Å². The first-order valence-corrected chi connectivity index (χ1v) is 12.7. The quantitative estimate of drug-likeness (QED) is 0.275. The molecule has 0 spiro atoms. The highest BCUT2D eigenvalue weighted by Gasteiger charge is 2.29. The topological polar surface area (TPSA) is 74.6 Å². The second-order valence-electron chi connectivity index (χ2n) is 9.91. The van der Waals surface area contributed by atoms with Gasteiger partial charge in [-0.15, -0.1) is 0 Å². The third-order valence-electron chi connectivity index (χ3n) is 6.69. The van der Waals surface area contributed by atoms with Crippen LogP contribution in [0.5, 0.6) is 0 Å². The fourth-order valence-electron chi connectivity index (χ4n) is 4.55. The predicted molar refractivity (Wildman–Crippen MR) is 140 cm³/mol. The smallest absolute Gasteiger partial charge is 0.304 e. The van der Waals surface area contributed by atoms with Crippen LogP contribution in [0.25, 0.3) is 0 Å². The van der Waals surface area contributed by atoms with E-state index >= 15 is 0 Å². The van der Waals surface area contributed by atoms with E-state index in [1.807, 2.05) is 60.7 Å². The van der Waals surface area contributed by atoms with E-state index in [0.717, 1.165) is 49.7 Å². The highest BCUT2D eigenvalue weighted by Crippen LogP contribution is 2.34. The van der Waals surface area contributed by atoms with Crippen LogP contribution in [-0.2, 0) is 20.4 Å². The van der Waals surface area contributed by atoms with Crippen LogP contribution in [0.2, 0.25) is 0 Å². The van der Waals surface area contributed by atoms with Gasteiger partial charge in [0.25, 0.3) is 0 Å². The lowest BCUT2D eigenvalue weighted by atomic mass is 9.75. The van der Waals surface area contributed by atoms with Gasteiger partial charge in [0.1, 0.15) is 0 Å². The number of carboxylic acids is 2. The summed E-state index contributed by atoms with van der Waals surface area (Å²) in [5.74, 6) is -1.43. The van der Waals surface area contributed by atoms with Crippen molar-refractivity contribution in [2.24, 2.45) is 0 Å². The van der Waals surface area contributed by atoms with Crippen molar-refractivity contribution in [3.05, 3.63) is 71.8 Å². The van der Waals surface area contributed by atoms with Crippen molar-refractivity contribution in [1.29, 1.82) is 0 Å². The number of aliphatic carboxylic acids is 2. The van der Waals surface area contributed by atoms with Crippen LogP contribution in [0.15, 0.2) is 60.7 Å². The molecule has 0 amide bonds. The van der Waals surface area contributed by atoms with Crippen molar-refractivity contribution in [2.75, 3.05) is 0 Å². The monoisotopic (exact) mass is 468 g/mol. The van der Waals surface area contributed by atoms with Gasteiger partial charge in [0.05, 0.1) is 12.8 Å². The lowest BCUT2D eigenvalue weighted by molar-refractivity contribution is -0.139. The maximum Gasteiger partial charge on any atom is 0.304 e. The molecule has 4 heteroatoms. The molecule has 0 radical (unpaired) electrons. The molecule has 2 rings (SSSR count). The lowest BCUT2D eigenvalue weighted by Crippen LogP contribution is -2.25. The van der Waals surface area contributed by atoms with Crippen molar-refractivity contribution in [3.63, 3.8) is 0 Å². The number of unbranched alkanes of at least 4 members (excludes halogenated alkanes) is 4. The standard InChI is InChI=1S/2C15H22O2/c2*1-3-4-8-11-15(2,12-14(16)17)13-9-6-5-7-10-13/h2*5-7,9-10H,3-4,8,11-12H2,1-2H3,(H,16,17). The van der Waals surface area contributed by atoms with Crippen LogP contribution in [-0.4, -0.2) is 22.2 Å². The molecule has 2 aromatic carbocycles. The van der Waals surface area contributed by atoms with Gasteiger partial charge in [-0.25, -0.2) is 0 Å². The van der Waals surface area contributed by atoms with E-state index in [0.29, 0.717) is 0 Å². The Morgan fingerprint density at radius 3 is 1.21 bits per heavy atom. The third kappa shape index (κ3) is 10.5. The third-order valence-corrected chi connectivity index (χ3v) is 6.69. The second kappa shape index (κ2) is 15.3. The summed E-state index contributed by atoms with van der Waals surface area (Å²) in [6.45, 7) is 8.45. The van der Waals surface area contributed by atoms with Gasteiger partial charge in [-0.1, -0.05) is 127 Å². The maximum absolute atomic E-state index is 11.0. The highest BCUT2D eigenvalue weighted by molar-refractivity contribution is 5.69. The van der Waals surface area contributed by atoms with Gasteiger partial charge in [-0.3, -0.25) is 9.59 Å². The zero-order valence-electron chi connectivity index (χ0n) is 21.6. The van der Waals surface area contributed by atoms with E-state index in [-0.39, 0.29) is 23.7 Å². The van der Waals surface area contributed by atoms with E-state index < -0.39 is 11.9 Å². The Bertz CT molecular complexity index is 762. The molecule has 188 valence electrons. The first kappa shape index (κ1) is 29.4.